The summed E-state index contributed by atoms with van der Waals surface area (Å²) in [6.45, 7) is 5.35. The molecule has 0 saturated carbocycles. The number of quaternary nitrogens is 1. The maximum absolute atomic E-state index is 12.7. The molecule has 0 aromatic carbocycles. The Bertz CT molecular complexity index is 1050. The van der Waals surface area contributed by atoms with Gasteiger partial charge in [-0.2, -0.15) is 0 Å². The van der Waals surface area contributed by atoms with Crippen LogP contribution in [0.4, 0.5) is 0 Å². The molecule has 8 nitrogen and oxygen atoms in total. The van der Waals surface area contributed by atoms with Crippen LogP contribution in [-0.2, 0) is 27.9 Å². The number of carbonyl (C=O) groups excluding carboxylic acids is 1. The van der Waals surface area contributed by atoms with Crippen molar-refractivity contribution in [2.45, 2.75) is 200 Å². The van der Waals surface area contributed by atoms with E-state index in [-0.39, 0.29) is 25.8 Å². The lowest BCUT2D eigenvalue weighted by Gasteiger charge is -2.28. The van der Waals surface area contributed by atoms with Crippen molar-refractivity contribution in [3.63, 3.8) is 0 Å². The number of phosphoric ester groups is 1. The third-order valence-corrected chi connectivity index (χ3v) is 10.8. The molecule has 57 heavy (non-hydrogen) atoms. The van der Waals surface area contributed by atoms with Crippen LogP contribution in [0.15, 0.2) is 48.6 Å². The van der Waals surface area contributed by atoms with E-state index in [0.29, 0.717) is 24.1 Å². The summed E-state index contributed by atoms with van der Waals surface area (Å²) in [5.74, 6) is -0.346. The maximum atomic E-state index is 12.7. The summed E-state index contributed by atoms with van der Waals surface area (Å²) in [4.78, 5) is 25.1. The second kappa shape index (κ2) is 41.2. The lowest BCUT2D eigenvalue weighted by molar-refractivity contribution is -0.870. The lowest BCUT2D eigenvalue weighted by atomic mass is 10.1. The molecule has 0 aliphatic rings. The lowest BCUT2D eigenvalue weighted by Crippen LogP contribution is -2.37. The van der Waals surface area contributed by atoms with Gasteiger partial charge in [0.15, 0.2) is 0 Å². The molecule has 0 amide bonds. The molecular weight excluding hydrogens is 734 g/mol. The number of hydrogen-bond acceptors (Lipinski definition) is 7. The van der Waals surface area contributed by atoms with E-state index in [1.165, 1.54) is 109 Å². The highest BCUT2D eigenvalue weighted by atomic mass is 31.2. The minimum Gasteiger partial charge on any atom is -0.756 e. The summed E-state index contributed by atoms with van der Waals surface area (Å²) < 4.78 is 34.6. The molecule has 0 aromatic heterocycles. The Morgan fingerprint density at radius 3 is 1.42 bits per heavy atom. The van der Waals surface area contributed by atoms with Crippen molar-refractivity contribution < 1.29 is 37.3 Å². The van der Waals surface area contributed by atoms with Gasteiger partial charge in [-0.05, 0) is 77.0 Å². The molecule has 0 aromatic rings. The first-order valence-corrected chi connectivity index (χ1v) is 24.8. The Morgan fingerprint density at radius 1 is 0.544 bits per heavy atom. The highest BCUT2D eigenvalue weighted by molar-refractivity contribution is 7.45. The predicted octanol–water partition coefficient (Wildman–Crippen LogP) is 13.3. The third kappa shape index (κ3) is 45.4. The average Bonchev–Trinajstić information content (AvgIpc) is 3.16. The molecule has 0 saturated heterocycles. The molecule has 0 bridgehead atoms. The molecule has 334 valence electrons. The quantitative estimate of drug-likeness (QED) is 0.0199. The van der Waals surface area contributed by atoms with Gasteiger partial charge >= 0.3 is 5.97 Å². The Morgan fingerprint density at radius 2 is 0.965 bits per heavy atom. The van der Waals surface area contributed by atoms with Crippen LogP contribution in [0, 0.1) is 0 Å². The van der Waals surface area contributed by atoms with E-state index in [0.717, 1.165) is 64.2 Å². The van der Waals surface area contributed by atoms with Crippen molar-refractivity contribution in [2.75, 3.05) is 54.1 Å². The molecule has 0 rings (SSSR count). The maximum Gasteiger partial charge on any atom is 0.306 e. The SMILES string of the molecule is CCCCCC/C=C\C/C=C\CCCCCCCCCC(=O)OC(COCCCCCCCC/C=C\C/C=C\CCCCCC)COP(=O)([O-])OCC[N+](C)(C)C. The Labute approximate surface area is 352 Å². The zero-order valence-electron chi connectivity index (χ0n) is 37.8. The van der Waals surface area contributed by atoms with Gasteiger partial charge in [-0.25, -0.2) is 0 Å². The largest absolute Gasteiger partial charge is 0.756 e. The van der Waals surface area contributed by atoms with Crippen molar-refractivity contribution in [1.82, 2.24) is 0 Å². The zero-order chi connectivity index (χ0) is 42.0. The Hall–Kier alpha value is -1.54. The molecule has 0 fully saturated rings. The van der Waals surface area contributed by atoms with Crippen LogP contribution in [0.25, 0.3) is 0 Å². The second-order valence-corrected chi connectivity index (χ2v) is 18.2. The first kappa shape index (κ1) is 55.5. The third-order valence-electron chi connectivity index (χ3n) is 9.85. The summed E-state index contributed by atoms with van der Waals surface area (Å²) in [5.41, 5.74) is 0. The van der Waals surface area contributed by atoms with Crippen molar-refractivity contribution in [3.8, 4) is 0 Å². The van der Waals surface area contributed by atoms with Crippen LogP contribution in [0.5, 0.6) is 0 Å². The molecule has 2 atom stereocenters. The van der Waals surface area contributed by atoms with Crippen LogP contribution in [0.1, 0.15) is 194 Å². The fourth-order valence-electron chi connectivity index (χ4n) is 6.19. The number of nitrogens with zero attached hydrogens (tertiary/aromatic N) is 1. The van der Waals surface area contributed by atoms with Gasteiger partial charge in [0.25, 0.3) is 7.82 Å². The molecule has 0 aliphatic heterocycles. The van der Waals surface area contributed by atoms with Crippen LogP contribution in [0.3, 0.4) is 0 Å². The number of carbonyl (C=O) groups is 1. The van der Waals surface area contributed by atoms with Crippen LogP contribution < -0.4 is 4.89 Å². The number of unbranched alkanes of at least 4 members (excludes halogenated alkanes) is 21. The monoisotopic (exact) mass is 824 g/mol. The number of rotatable bonds is 43. The first-order valence-electron chi connectivity index (χ1n) is 23.4. The summed E-state index contributed by atoms with van der Waals surface area (Å²) in [6, 6.07) is 0. The van der Waals surface area contributed by atoms with Crippen molar-refractivity contribution in [3.05, 3.63) is 48.6 Å². The van der Waals surface area contributed by atoms with E-state index in [9.17, 15) is 14.3 Å². The summed E-state index contributed by atoms with van der Waals surface area (Å²) in [6.07, 6.45) is 49.7. The van der Waals surface area contributed by atoms with Gasteiger partial charge in [0, 0.05) is 13.0 Å². The van der Waals surface area contributed by atoms with E-state index in [4.69, 9.17) is 18.5 Å². The van der Waals surface area contributed by atoms with Crippen LogP contribution in [-0.4, -0.2) is 70.7 Å². The average molecular weight is 824 g/mol. The normalized spacial score (nSPS) is 14.1. The number of phosphoric acid groups is 1. The number of likely N-dealkylation sites (N-methyl/N-ethyl adjacent to an activating group) is 1. The van der Waals surface area contributed by atoms with Crippen molar-refractivity contribution in [1.29, 1.82) is 0 Å². The fraction of sp³-hybridized carbons (Fsp3) is 0.812. The van der Waals surface area contributed by atoms with E-state index < -0.39 is 13.9 Å². The molecule has 0 N–H and O–H groups in total. The standard InChI is InChI=1S/C48H90NO7P/c1-6-8-10-12-14-16-18-20-22-24-25-27-29-31-33-35-37-39-41-48(50)56-47(46-55-57(51,52)54-44-42-49(3,4)5)45-53-43-40-38-36-34-32-30-28-26-23-21-19-17-15-13-11-9-7-2/h16-19,22-24,26,47H,6-15,20-21,25,27-46H2,1-5H3/b18-16-,19-17-,24-22-,26-23-. The molecular formula is C48H90NO7P. The van der Waals surface area contributed by atoms with Gasteiger partial charge in [-0.3, -0.25) is 9.36 Å². The highest BCUT2D eigenvalue weighted by Crippen LogP contribution is 2.38. The predicted molar refractivity (Wildman–Crippen MR) is 240 cm³/mol. The Kier molecular flexibility index (Phi) is 40.1. The minimum atomic E-state index is -4.53. The van der Waals surface area contributed by atoms with Gasteiger partial charge < -0.3 is 27.9 Å². The van der Waals surface area contributed by atoms with Gasteiger partial charge in [0.05, 0.1) is 34.4 Å². The minimum absolute atomic E-state index is 0.0209. The van der Waals surface area contributed by atoms with E-state index in [1.54, 1.807) is 0 Å². The Balaban J connectivity index is 4.24. The van der Waals surface area contributed by atoms with Gasteiger partial charge in [0.1, 0.15) is 19.3 Å². The van der Waals surface area contributed by atoms with Crippen LogP contribution in [0.2, 0.25) is 0 Å². The highest BCUT2D eigenvalue weighted by Gasteiger charge is 2.20. The molecule has 2 unspecified atom stereocenters. The molecule has 0 radical (unpaired) electrons. The second-order valence-electron chi connectivity index (χ2n) is 16.8. The first-order chi connectivity index (χ1) is 27.6. The number of hydrogen-bond donors (Lipinski definition) is 0. The van der Waals surface area contributed by atoms with Crippen molar-refractivity contribution in [2.24, 2.45) is 0 Å². The number of allylic oxidation sites excluding steroid dienone is 8. The fourth-order valence-corrected chi connectivity index (χ4v) is 6.92. The molecule has 0 aliphatic carbocycles. The molecule has 0 heterocycles. The number of ether oxygens (including phenoxy) is 2. The van der Waals surface area contributed by atoms with Gasteiger partial charge in [-0.1, -0.05) is 159 Å². The number of esters is 1. The molecule has 9 heteroatoms. The van der Waals surface area contributed by atoms with Crippen molar-refractivity contribution >= 4 is 13.8 Å². The molecule has 0 spiro atoms. The van der Waals surface area contributed by atoms with Crippen LogP contribution >= 0.6 is 7.82 Å². The van der Waals surface area contributed by atoms with Gasteiger partial charge in [0.2, 0.25) is 0 Å². The summed E-state index contributed by atoms with van der Waals surface area (Å²) in [7, 11) is 1.34. The van der Waals surface area contributed by atoms with E-state index in [1.807, 2.05) is 21.1 Å². The van der Waals surface area contributed by atoms with E-state index in [2.05, 4.69) is 62.5 Å². The topological polar surface area (TPSA) is 94.1 Å². The van der Waals surface area contributed by atoms with Gasteiger partial charge in [-0.15, -0.1) is 0 Å². The summed E-state index contributed by atoms with van der Waals surface area (Å²) in [5, 5.41) is 0. The zero-order valence-corrected chi connectivity index (χ0v) is 38.7. The van der Waals surface area contributed by atoms with E-state index >= 15 is 0 Å². The smallest absolute Gasteiger partial charge is 0.306 e. The summed E-state index contributed by atoms with van der Waals surface area (Å²) >= 11 is 0.